The van der Waals surface area contributed by atoms with E-state index in [4.69, 9.17) is 18.9 Å². The standard InChI is InChI=1S/C24H48O5/c1-5-8-10-11-13-22(4)29-24(25)15-12-16-26-17-18-27-19-20-28-21-23(7-3)14-9-6-2/h22-23H,5-21H2,1-4H3. The maximum Gasteiger partial charge on any atom is 0.306 e. The van der Waals surface area contributed by atoms with E-state index >= 15 is 0 Å². The molecule has 29 heavy (non-hydrogen) atoms. The Hall–Kier alpha value is -0.650. The van der Waals surface area contributed by atoms with Gasteiger partial charge in [0, 0.05) is 19.6 Å². The van der Waals surface area contributed by atoms with Crippen LogP contribution in [0.2, 0.25) is 0 Å². The molecular formula is C24H48O5. The van der Waals surface area contributed by atoms with E-state index in [1.54, 1.807) is 0 Å². The summed E-state index contributed by atoms with van der Waals surface area (Å²) >= 11 is 0. The summed E-state index contributed by atoms with van der Waals surface area (Å²) in [5.41, 5.74) is 0. The van der Waals surface area contributed by atoms with Crippen molar-refractivity contribution in [3.05, 3.63) is 0 Å². The van der Waals surface area contributed by atoms with Gasteiger partial charge in [0.05, 0.1) is 32.5 Å². The quantitative estimate of drug-likeness (QED) is 0.162. The molecule has 0 fully saturated rings. The first-order valence-electron chi connectivity index (χ1n) is 12.1. The van der Waals surface area contributed by atoms with Crippen LogP contribution in [0.25, 0.3) is 0 Å². The largest absolute Gasteiger partial charge is 0.463 e. The molecule has 0 aliphatic carbocycles. The maximum absolute atomic E-state index is 11.8. The second-order valence-electron chi connectivity index (χ2n) is 7.97. The van der Waals surface area contributed by atoms with E-state index in [9.17, 15) is 4.79 Å². The van der Waals surface area contributed by atoms with Crippen molar-refractivity contribution in [2.24, 2.45) is 5.92 Å². The molecule has 0 aliphatic heterocycles. The molecule has 0 saturated carbocycles. The Balaban J connectivity index is 3.36. The molecule has 0 amide bonds. The number of carbonyl (C=O) groups excluding carboxylic acids is 1. The molecule has 0 rings (SSSR count). The third kappa shape index (κ3) is 20.4. The second-order valence-corrected chi connectivity index (χ2v) is 7.97. The minimum atomic E-state index is -0.116. The van der Waals surface area contributed by atoms with Gasteiger partial charge in [0.25, 0.3) is 0 Å². The lowest BCUT2D eigenvalue weighted by atomic mass is 10.0. The smallest absolute Gasteiger partial charge is 0.306 e. The normalized spacial score (nSPS) is 13.4. The number of unbranched alkanes of at least 4 members (excludes halogenated alkanes) is 4. The van der Waals surface area contributed by atoms with Gasteiger partial charge in [-0.1, -0.05) is 59.3 Å². The number of hydrogen-bond donors (Lipinski definition) is 0. The first kappa shape index (κ1) is 28.4. The van der Waals surface area contributed by atoms with Crippen LogP contribution in [0.1, 0.15) is 98.3 Å². The highest BCUT2D eigenvalue weighted by Gasteiger charge is 2.09. The summed E-state index contributed by atoms with van der Waals surface area (Å²) in [4.78, 5) is 11.8. The van der Waals surface area contributed by atoms with E-state index in [0.717, 1.165) is 19.4 Å². The molecule has 5 heteroatoms. The monoisotopic (exact) mass is 416 g/mol. The Labute approximate surface area is 180 Å². The molecule has 0 spiro atoms. The Morgan fingerprint density at radius 3 is 2.03 bits per heavy atom. The van der Waals surface area contributed by atoms with Crippen molar-refractivity contribution in [1.29, 1.82) is 0 Å². The first-order chi connectivity index (χ1) is 14.1. The van der Waals surface area contributed by atoms with Crippen LogP contribution in [-0.2, 0) is 23.7 Å². The molecule has 174 valence electrons. The van der Waals surface area contributed by atoms with Gasteiger partial charge in [0.15, 0.2) is 0 Å². The molecule has 0 aliphatic rings. The number of ether oxygens (including phenoxy) is 4. The van der Waals surface area contributed by atoms with E-state index in [1.165, 1.54) is 44.9 Å². The summed E-state index contributed by atoms with van der Waals surface area (Å²) in [6, 6.07) is 0. The van der Waals surface area contributed by atoms with Crippen molar-refractivity contribution in [2.45, 2.75) is 104 Å². The minimum Gasteiger partial charge on any atom is -0.463 e. The average Bonchev–Trinajstić information content (AvgIpc) is 2.71. The van der Waals surface area contributed by atoms with Gasteiger partial charge in [-0.2, -0.15) is 0 Å². The van der Waals surface area contributed by atoms with Gasteiger partial charge < -0.3 is 18.9 Å². The zero-order chi connectivity index (χ0) is 21.6. The molecule has 0 aromatic rings. The van der Waals surface area contributed by atoms with Gasteiger partial charge in [-0.05, 0) is 38.5 Å². The lowest BCUT2D eigenvalue weighted by Crippen LogP contribution is -2.16. The van der Waals surface area contributed by atoms with Crippen LogP contribution in [0.15, 0.2) is 0 Å². The van der Waals surface area contributed by atoms with E-state index < -0.39 is 0 Å². The third-order valence-electron chi connectivity index (χ3n) is 5.11. The fourth-order valence-corrected chi connectivity index (χ4v) is 3.11. The lowest BCUT2D eigenvalue weighted by molar-refractivity contribution is -0.149. The molecule has 5 nitrogen and oxygen atoms in total. The van der Waals surface area contributed by atoms with E-state index in [2.05, 4.69) is 20.8 Å². The Bertz CT molecular complexity index is 348. The summed E-state index contributed by atoms with van der Waals surface area (Å²) in [5, 5.41) is 0. The molecule has 0 saturated heterocycles. The number of rotatable bonds is 22. The van der Waals surface area contributed by atoms with Crippen molar-refractivity contribution in [2.75, 3.05) is 39.6 Å². The first-order valence-corrected chi connectivity index (χ1v) is 12.1. The van der Waals surface area contributed by atoms with Crippen LogP contribution in [0.5, 0.6) is 0 Å². The molecule has 2 atom stereocenters. The highest BCUT2D eigenvalue weighted by Crippen LogP contribution is 2.12. The summed E-state index contributed by atoms with van der Waals surface area (Å²) in [5.74, 6) is 0.559. The van der Waals surface area contributed by atoms with Gasteiger partial charge in [0.2, 0.25) is 0 Å². The van der Waals surface area contributed by atoms with Crippen LogP contribution < -0.4 is 0 Å². The number of esters is 1. The van der Waals surface area contributed by atoms with Gasteiger partial charge in [-0.3, -0.25) is 4.79 Å². The summed E-state index contributed by atoms with van der Waals surface area (Å²) in [6.45, 7) is 12.4. The number of hydrogen-bond acceptors (Lipinski definition) is 5. The molecular weight excluding hydrogens is 368 g/mol. The van der Waals surface area contributed by atoms with Crippen molar-refractivity contribution >= 4 is 5.97 Å². The Morgan fingerprint density at radius 2 is 1.38 bits per heavy atom. The van der Waals surface area contributed by atoms with Gasteiger partial charge in [-0.15, -0.1) is 0 Å². The van der Waals surface area contributed by atoms with Gasteiger partial charge in [-0.25, -0.2) is 0 Å². The van der Waals surface area contributed by atoms with Crippen LogP contribution in [0, 0.1) is 5.92 Å². The molecule has 0 bridgehead atoms. The zero-order valence-electron chi connectivity index (χ0n) is 19.7. The van der Waals surface area contributed by atoms with Crippen LogP contribution in [0.4, 0.5) is 0 Å². The highest BCUT2D eigenvalue weighted by molar-refractivity contribution is 5.69. The van der Waals surface area contributed by atoms with E-state index in [1.807, 2.05) is 6.92 Å². The van der Waals surface area contributed by atoms with Crippen molar-refractivity contribution in [3.8, 4) is 0 Å². The number of carbonyl (C=O) groups is 1. The van der Waals surface area contributed by atoms with Crippen LogP contribution in [-0.4, -0.2) is 51.7 Å². The molecule has 0 aromatic heterocycles. The third-order valence-corrected chi connectivity index (χ3v) is 5.11. The van der Waals surface area contributed by atoms with Gasteiger partial charge in [0.1, 0.15) is 0 Å². The van der Waals surface area contributed by atoms with Gasteiger partial charge >= 0.3 is 5.97 Å². The molecule has 0 radical (unpaired) electrons. The Kier molecular flexibility index (Phi) is 21.6. The molecule has 0 heterocycles. The highest BCUT2D eigenvalue weighted by atomic mass is 16.5. The summed E-state index contributed by atoms with van der Waals surface area (Å²) in [7, 11) is 0. The fraction of sp³-hybridized carbons (Fsp3) is 0.958. The van der Waals surface area contributed by atoms with Crippen LogP contribution >= 0.6 is 0 Å². The molecule has 0 aromatic carbocycles. The fourth-order valence-electron chi connectivity index (χ4n) is 3.11. The van der Waals surface area contributed by atoms with Crippen molar-refractivity contribution in [3.63, 3.8) is 0 Å². The van der Waals surface area contributed by atoms with E-state index in [-0.39, 0.29) is 12.1 Å². The molecule has 0 N–H and O–H groups in total. The van der Waals surface area contributed by atoms with Crippen molar-refractivity contribution in [1.82, 2.24) is 0 Å². The average molecular weight is 417 g/mol. The van der Waals surface area contributed by atoms with Crippen LogP contribution in [0.3, 0.4) is 0 Å². The second kappa shape index (κ2) is 22.0. The predicted octanol–water partition coefficient (Wildman–Crippen LogP) is 5.93. The lowest BCUT2D eigenvalue weighted by Gasteiger charge is -2.14. The maximum atomic E-state index is 11.8. The van der Waals surface area contributed by atoms with E-state index in [0.29, 0.717) is 51.8 Å². The summed E-state index contributed by atoms with van der Waals surface area (Å²) < 4.78 is 22.2. The van der Waals surface area contributed by atoms with Crippen molar-refractivity contribution < 1.29 is 23.7 Å². The molecule has 2 unspecified atom stereocenters. The Morgan fingerprint density at radius 1 is 0.724 bits per heavy atom. The topological polar surface area (TPSA) is 54.0 Å². The zero-order valence-corrected chi connectivity index (χ0v) is 19.7. The predicted molar refractivity (Wildman–Crippen MR) is 119 cm³/mol. The summed E-state index contributed by atoms with van der Waals surface area (Å²) in [6.07, 6.45) is 11.9. The SMILES string of the molecule is CCCCCCC(C)OC(=O)CCCOCCOCCOCC(CC)CCCC. The minimum absolute atomic E-state index is 0.0233.